The summed E-state index contributed by atoms with van der Waals surface area (Å²) in [6.45, 7) is 0.506. The molecule has 1 heterocycles. The van der Waals surface area contributed by atoms with Gasteiger partial charge >= 0.3 is 6.03 Å². The number of para-hydroxylation sites is 1. The maximum atomic E-state index is 12.5. The summed E-state index contributed by atoms with van der Waals surface area (Å²) in [6.07, 6.45) is 2.04. The number of nitrogens with one attached hydrogen (secondary N) is 2. The van der Waals surface area contributed by atoms with Gasteiger partial charge in [0.15, 0.2) is 0 Å². The lowest BCUT2D eigenvalue weighted by atomic mass is 10.1. The molecule has 0 radical (unpaired) electrons. The molecule has 2 N–H and O–H groups in total. The zero-order valence-electron chi connectivity index (χ0n) is 13.8. The van der Waals surface area contributed by atoms with Gasteiger partial charge in [-0.25, -0.2) is 4.79 Å². The van der Waals surface area contributed by atoms with Crippen LogP contribution in [0.5, 0.6) is 0 Å². The van der Waals surface area contributed by atoms with Gasteiger partial charge in [-0.3, -0.25) is 0 Å². The van der Waals surface area contributed by atoms with Gasteiger partial charge in [-0.2, -0.15) is 0 Å². The molecule has 1 unspecified atom stereocenters. The first-order chi connectivity index (χ1) is 11.7. The van der Waals surface area contributed by atoms with Crippen LogP contribution in [-0.2, 0) is 13.0 Å². The van der Waals surface area contributed by atoms with Crippen LogP contribution < -0.4 is 5.32 Å². The Labute approximate surface area is 141 Å². The lowest BCUT2D eigenvalue weighted by Gasteiger charge is -2.25. The van der Waals surface area contributed by atoms with Gasteiger partial charge in [0, 0.05) is 18.3 Å². The van der Waals surface area contributed by atoms with E-state index in [4.69, 9.17) is 0 Å². The normalized spacial score (nSPS) is 16.1. The number of carbonyl (C=O) groups excluding carboxylic acids is 1. The van der Waals surface area contributed by atoms with Crippen molar-refractivity contribution in [1.82, 2.24) is 15.2 Å². The third kappa shape index (κ3) is 2.64. The second-order valence-electron chi connectivity index (χ2n) is 6.40. The summed E-state index contributed by atoms with van der Waals surface area (Å²) in [5.74, 6) is 0. The van der Waals surface area contributed by atoms with Crippen LogP contribution >= 0.6 is 0 Å². The molecule has 4 rings (SSSR count). The van der Waals surface area contributed by atoms with E-state index in [9.17, 15) is 4.79 Å². The molecule has 0 aliphatic heterocycles. The molecule has 3 aromatic rings. The van der Waals surface area contributed by atoms with Gasteiger partial charge in [0.05, 0.1) is 12.6 Å². The summed E-state index contributed by atoms with van der Waals surface area (Å²) in [5, 5.41) is 4.19. The third-order valence-electron chi connectivity index (χ3n) is 4.90. The Kier molecular flexibility index (Phi) is 3.73. The minimum Gasteiger partial charge on any atom is -0.357 e. The molecule has 1 aliphatic rings. The van der Waals surface area contributed by atoms with E-state index >= 15 is 0 Å². The fourth-order valence-corrected chi connectivity index (χ4v) is 3.60. The summed E-state index contributed by atoms with van der Waals surface area (Å²) in [7, 11) is 1.88. The van der Waals surface area contributed by atoms with Crippen molar-refractivity contribution in [2.24, 2.45) is 0 Å². The lowest BCUT2D eigenvalue weighted by Crippen LogP contribution is -2.38. The molecule has 122 valence electrons. The van der Waals surface area contributed by atoms with E-state index in [2.05, 4.69) is 40.6 Å². The van der Waals surface area contributed by atoms with Gasteiger partial charge in [-0.05, 0) is 41.5 Å². The van der Waals surface area contributed by atoms with Gasteiger partial charge in [-0.1, -0.05) is 42.5 Å². The number of hydrogen-bond donors (Lipinski definition) is 2. The molecule has 0 spiro atoms. The Bertz CT molecular complexity index is 850. The number of benzene rings is 2. The van der Waals surface area contributed by atoms with E-state index in [-0.39, 0.29) is 12.1 Å². The SMILES string of the molecule is CN(C(=O)NCc1cc2ccccc2[nH]1)C1CCc2ccccc21. The molecule has 1 aliphatic carbocycles. The fraction of sp³-hybridized carbons (Fsp3) is 0.250. The molecular weight excluding hydrogens is 298 g/mol. The van der Waals surface area contributed by atoms with Gasteiger partial charge in [-0.15, -0.1) is 0 Å². The van der Waals surface area contributed by atoms with Gasteiger partial charge in [0.1, 0.15) is 0 Å². The number of urea groups is 1. The van der Waals surface area contributed by atoms with Gasteiger partial charge < -0.3 is 15.2 Å². The number of rotatable bonds is 3. The summed E-state index contributed by atoms with van der Waals surface area (Å²) >= 11 is 0. The highest BCUT2D eigenvalue weighted by Crippen LogP contribution is 2.34. The van der Waals surface area contributed by atoms with Crippen LogP contribution in [-0.4, -0.2) is 23.0 Å². The number of carbonyl (C=O) groups is 1. The highest BCUT2D eigenvalue weighted by Gasteiger charge is 2.28. The molecule has 1 aromatic heterocycles. The average Bonchev–Trinajstić information content (AvgIpc) is 3.22. The molecule has 0 saturated carbocycles. The van der Waals surface area contributed by atoms with Crippen molar-refractivity contribution in [2.75, 3.05) is 7.05 Å². The van der Waals surface area contributed by atoms with E-state index < -0.39 is 0 Å². The Morgan fingerprint density at radius 2 is 2.00 bits per heavy atom. The van der Waals surface area contributed by atoms with Crippen LogP contribution in [0.3, 0.4) is 0 Å². The van der Waals surface area contributed by atoms with Crippen molar-refractivity contribution in [3.05, 3.63) is 71.4 Å². The van der Waals surface area contributed by atoms with Crippen LogP contribution in [0.15, 0.2) is 54.6 Å². The average molecular weight is 319 g/mol. The van der Waals surface area contributed by atoms with Crippen molar-refractivity contribution >= 4 is 16.9 Å². The number of amides is 2. The predicted octanol–water partition coefficient (Wildman–Crippen LogP) is 4.00. The van der Waals surface area contributed by atoms with Crippen LogP contribution in [0.1, 0.15) is 29.3 Å². The zero-order valence-corrected chi connectivity index (χ0v) is 13.8. The first-order valence-corrected chi connectivity index (χ1v) is 8.37. The monoisotopic (exact) mass is 319 g/mol. The molecule has 4 heteroatoms. The molecular formula is C20H21N3O. The summed E-state index contributed by atoms with van der Waals surface area (Å²) in [6, 6.07) is 18.8. The first-order valence-electron chi connectivity index (χ1n) is 8.37. The molecule has 0 bridgehead atoms. The largest absolute Gasteiger partial charge is 0.357 e. The number of aromatic amines is 1. The predicted molar refractivity (Wildman–Crippen MR) is 95.8 cm³/mol. The third-order valence-corrected chi connectivity index (χ3v) is 4.90. The summed E-state index contributed by atoms with van der Waals surface area (Å²) in [4.78, 5) is 17.7. The van der Waals surface area contributed by atoms with E-state index in [0.29, 0.717) is 6.54 Å². The molecule has 2 aromatic carbocycles. The van der Waals surface area contributed by atoms with Gasteiger partial charge in [0.25, 0.3) is 0 Å². The van der Waals surface area contributed by atoms with Crippen molar-refractivity contribution in [2.45, 2.75) is 25.4 Å². The maximum Gasteiger partial charge on any atom is 0.317 e. The van der Waals surface area contributed by atoms with Gasteiger partial charge in [0.2, 0.25) is 0 Å². The Hall–Kier alpha value is -2.75. The minimum absolute atomic E-state index is 0.0321. The standard InChI is InChI=1S/C20H21N3O/c1-23(19-11-10-14-6-2-4-8-17(14)19)20(24)21-13-16-12-15-7-3-5-9-18(15)22-16/h2-9,12,19,22H,10-11,13H2,1H3,(H,21,24). The number of aromatic nitrogens is 1. The Morgan fingerprint density at radius 1 is 1.21 bits per heavy atom. The van der Waals surface area contributed by atoms with Crippen LogP contribution in [0, 0.1) is 0 Å². The number of hydrogen-bond acceptors (Lipinski definition) is 1. The van der Waals surface area contributed by atoms with E-state index in [1.54, 1.807) is 0 Å². The number of fused-ring (bicyclic) bond motifs is 2. The Balaban J connectivity index is 1.43. The van der Waals surface area contributed by atoms with E-state index in [0.717, 1.165) is 24.1 Å². The van der Waals surface area contributed by atoms with Crippen LogP contribution in [0.25, 0.3) is 10.9 Å². The molecule has 1 atom stereocenters. The molecule has 4 nitrogen and oxygen atoms in total. The van der Waals surface area contributed by atoms with E-state index in [1.807, 2.05) is 36.2 Å². The smallest absolute Gasteiger partial charge is 0.317 e. The van der Waals surface area contributed by atoms with Crippen LogP contribution in [0.4, 0.5) is 4.79 Å². The quantitative estimate of drug-likeness (QED) is 0.753. The molecule has 2 amide bonds. The molecule has 0 saturated heterocycles. The topological polar surface area (TPSA) is 48.1 Å². The number of H-pyrrole nitrogens is 1. The van der Waals surface area contributed by atoms with E-state index in [1.165, 1.54) is 16.5 Å². The van der Waals surface area contributed by atoms with Crippen molar-refractivity contribution in [3.8, 4) is 0 Å². The highest BCUT2D eigenvalue weighted by molar-refractivity contribution is 5.80. The fourth-order valence-electron chi connectivity index (χ4n) is 3.60. The van der Waals surface area contributed by atoms with Crippen molar-refractivity contribution in [3.63, 3.8) is 0 Å². The molecule has 24 heavy (non-hydrogen) atoms. The Morgan fingerprint density at radius 3 is 2.88 bits per heavy atom. The van der Waals surface area contributed by atoms with Crippen LogP contribution in [0.2, 0.25) is 0 Å². The van der Waals surface area contributed by atoms with Crippen molar-refractivity contribution in [1.29, 1.82) is 0 Å². The zero-order chi connectivity index (χ0) is 16.5. The lowest BCUT2D eigenvalue weighted by molar-refractivity contribution is 0.189. The van der Waals surface area contributed by atoms with Crippen molar-refractivity contribution < 1.29 is 4.79 Å². The molecule has 0 fully saturated rings. The number of nitrogens with zero attached hydrogens (tertiary/aromatic N) is 1. The second-order valence-corrected chi connectivity index (χ2v) is 6.40. The highest BCUT2D eigenvalue weighted by atomic mass is 16.2. The first kappa shape index (κ1) is 14.8. The second kappa shape index (κ2) is 6.04. The minimum atomic E-state index is -0.0321. The summed E-state index contributed by atoms with van der Waals surface area (Å²) in [5.41, 5.74) is 4.75. The summed E-state index contributed by atoms with van der Waals surface area (Å²) < 4.78 is 0. The maximum absolute atomic E-state index is 12.5. The number of aryl methyl sites for hydroxylation is 1.